The fourth-order valence-electron chi connectivity index (χ4n) is 1.20. The lowest BCUT2D eigenvalue weighted by atomic mass is 10.0. The summed E-state index contributed by atoms with van der Waals surface area (Å²) in [4.78, 5) is 0. The maximum Gasteiger partial charge on any atom is 0.139 e. The highest BCUT2D eigenvalue weighted by atomic mass is 79.9. The predicted octanol–water partition coefficient (Wildman–Crippen LogP) is 2.58. The van der Waals surface area contributed by atoms with Gasteiger partial charge in [-0.2, -0.15) is 0 Å². The van der Waals surface area contributed by atoms with Gasteiger partial charge in [-0.25, -0.2) is 0 Å². The summed E-state index contributed by atoms with van der Waals surface area (Å²) in [6.45, 7) is 0.477. The number of phenolic OH excluding ortho intramolecular Hbond substituents is 1. The van der Waals surface area contributed by atoms with Crippen molar-refractivity contribution >= 4 is 39.9 Å². The van der Waals surface area contributed by atoms with Crippen molar-refractivity contribution in [3.8, 4) is 5.75 Å². The molecule has 5 N–H and O–H groups in total. The number of phenols is 1. The van der Waals surface area contributed by atoms with E-state index >= 15 is 0 Å². The van der Waals surface area contributed by atoms with E-state index in [1.165, 1.54) is 0 Å². The Labute approximate surface area is 108 Å². The number of rotatable bonds is 3. The van der Waals surface area contributed by atoms with E-state index in [1.807, 2.05) is 0 Å². The molecule has 0 unspecified atom stereocenters. The molecule has 0 saturated heterocycles. The number of hydrogen-bond acceptors (Lipinski definition) is 3. The molecular formula is C9H13BrCl2N2O. The van der Waals surface area contributed by atoms with E-state index in [0.29, 0.717) is 23.6 Å². The van der Waals surface area contributed by atoms with Crippen LogP contribution in [-0.4, -0.2) is 11.7 Å². The number of benzene rings is 1. The Morgan fingerprint density at radius 3 is 2.60 bits per heavy atom. The van der Waals surface area contributed by atoms with Crippen LogP contribution >= 0.6 is 39.9 Å². The number of aromatic hydroxyl groups is 1. The molecule has 0 aromatic heterocycles. The average Bonchev–Trinajstić information content (AvgIpc) is 2.11. The summed E-state index contributed by atoms with van der Waals surface area (Å²) in [5.41, 5.74) is 11.8. The van der Waals surface area contributed by atoms with Crippen molar-refractivity contribution in [3.63, 3.8) is 0 Å². The first-order valence-corrected chi connectivity index (χ1v) is 5.37. The van der Waals surface area contributed by atoms with Gasteiger partial charge in [-0.3, -0.25) is 0 Å². The molecule has 1 aromatic carbocycles. The standard InChI is InChI=1S/C9H12BrClN2O.ClH/c10-5-3-6(8(13)1-2-12)9(14)7(11)4-5;/h3-4,8,14H,1-2,12-13H2;1H/t8-;/m0./s1. The third kappa shape index (κ3) is 3.81. The van der Waals surface area contributed by atoms with E-state index in [-0.39, 0.29) is 24.2 Å². The molecular weight excluding hydrogens is 303 g/mol. The maximum absolute atomic E-state index is 9.65. The molecule has 0 radical (unpaired) electrons. The summed E-state index contributed by atoms with van der Waals surface area (Å²) in [6, 6.07) is 3.09. The SMILES string of the molecule is Cl.NCC[C@H](N)c1cc(Br)cc(Cl)c1O. The van der Waals surface area contributed by atoms with Crippen LogP contribution in [0.2, 0.25) is 5.02 Å². The van der Waals surface area contributed by atoms with Gasteiger partial charge in [-0.05, 0) is 25.1 Å². The molecule has 15 heavy (non-hydrogen) atoms. The summed E-state index contributed by atoms with van der Waals surface area (Å²) in [5.74, 6) is 0.0378. The van der Waals surface area contributed by atoms with E-state index in [1.54, 1.807) is 12.1 Å². The predicted molar refractivity (Wildman–Crippen MR) is 68.7 cm³/mol. The van der Waals surface area contributed by atoms with Gasteiger partial charge in [0.25, 0.3) is 0 Å². The summed E-state index contributed by atoms with van der Waals surface area (Å²) < 4.78 is 0.794. The molecule has 1 rings (SSSR count). The van der Waals surface area contributed by atoms with Crippen molar-refractivity contribution in [3.05, 3.63) is 27.2 Å². The van der Waals surface area contributed by atoms with Gasteiger partial charge in [-0.1, -0.05) is 27.5 Å². The average molecular weight is 316 g/mol. The first kappa shape index (κ1) is 15.0. The number of halogens is 3. The fourth-order valence-corrected chi connectivity index (χ4v) is 2.04. The monoisotopic (exact) mass is 314 g/mol. The van der Waals surface area contributed by atoms with Crippen molar-refractivity contribution < 1.29 is 5.11 Å². The van der Waals surface area contributed by atoms with Gasteiger partial charge in [0.15, 0.2) is 0 Å². The van der Waals surface area contributed by atoms with Crippen LogP contribution in [0.5, 0.6) is 5.75 Å². The van der Waals surface area contributed by atoms with Crippen LogP contribution in [-0.2, 0) is 0 Å². The largest absolute Gasteiger partial charge is 0.506 e. The third-order valence-corrected chi connectivity index (χ3v) is 2.68. The van der Waals surface area contributed by atoms with Gasteiger partial charge in [-0.15, -0.1) is 12.4 Å². The first-order chi connectivity index (χ1) is 6.56. The lowest BCUT2D eigenvalue weighted by molar-refractivity contribution is 0.459. The molecule has 0 aliphatic rings. The van der Waals surface area contributed by atoms with Crippen LogP contribution in [0.3, 0.4) is 0 Å². The second-order valence-electron chi connectivity index (χ2n) is 3.01. The van der Waals surface area contributed by atoms with Gasteiger partial charge >= 0.3 is 0 Å². The van der Waals surface area contributed by atoms with Crippen molar-refractivity contribution in [2.75, 3.05) is 6.54 Å². The minimum absolute atomic E-state index is 0. The van der Waals surface area contributed by atoms with Crippen LogP contribution in [0.1, 0.15) is 18.0 Å². The zero-order chi connectivity index (χ0) is 10.7. The van der Waals surface area contributed by atoms with Crippen LogP contribution in [0, 0.1) is 0 Å². The van der Waals surface area contributed by atoms with E-state index in [9.17, 15) is 5.11 Å². The van der Waals surface area contributed by atoms with Crippen molar-refractivity contribution in [1.82, 2.24) is 0 Å². The van der Waals surface area contributed by atoms with Gasteiger partial charge in [0, 0.05) is 16.1 Å². The molecule has 0 spiro atoms. The second kappa shape index (κ2) is 6.55. The normalized spacial score (nSPS) is 12.0. The molecule has 6 heteroatoms. The summed E-state index contributed by atoms with van der Waals surface area (Å²) in [5, 5.41) is 9.94. The summed E-state index contributed by atoms with van der Waals surface area (Å²) in [7, 11) is 0. The van der Waals surface area contributed by atoms with Crippen molar-refractivity contribution in [1.29, 1.82) is 0 Å². The Kier molecular flexibility index (Phi) is 6.55. The van der Waals surface area contributed by atoms with Gasteiger partial charge in [0.05, 0.1) is 5.02 Å². The van der Waals surface area contributed by atoms with Crippen LogP contribution in [0.25, 0.3) is 0 Å². The van der Waals surface area contributed by atoms with Gasteiger partial charge < -0.3 is 16.6 Å². The molecule has 0 aliphatic heterocycles. The Morgan fingerprint density at radius 2 is 2.07 bits per heavy atom. The molecule has 0 fully saturated rings. The van der Waals surface area contributed by atoms with Crippen LogP contribution in [0.4, 0.5) is 0 Å². The van der Waals surface area contributed by atoms with E-state index < -0.39 is 0 Å². The highest BCUT2D eigenvalue weighted by molar-refractivity contribution is 9.10. The molecule has 1 aromatic rings. The highest BCUT2D eigenvalue weighted by Gasteiger charge is 2.13. The topological polar surface area (TPSA) is 72.3 Å². The zero-order valence-corrected chi connectivity index (χ0v) is 11.1. The Bertz CT molecular complexity index is 336. The maximum atomic E-state index is 9.65. The Balaban J connectivity index is 0.00000196. The number of hydrogen-bond donors (Lipinski definition) is 3. The molecule has 0 bridgehead atoms. The summed E-state index contributed by atoms with van der Waals surface area (Å²) >= 11 is 9.08. The second-order valence-corrected chi connectivity index (χ2v) is 4.33. The van der Waals surface area contributed by atoms with Crippen LogP contribution in [0.15, 0.2) is 16.6 Å². The minimum atomic E-state index is -0.282. The Morgan fingerprint density at radius 1 is 1.47 bits per heavy atom. The lowest BCUT2D eigenvalue weighted by Crippen LogP contribution is -2.15. The molecule has 1 atom stereocenters. The quantitative estimate of drug-likeness (QED) is 0.802. The Hall–Kier alpha value is -0.000000000000000111. The van der Waals surface area contributed by atoms with E-state index in [2.05, 4.69) is 15.9 Å². The molecule has 0 heterocycles. The highest BCUT2D eigenvalue weighted by Crippen LogP contribution is 2.34. The lowest BCUT2D eigenvalue weighted by Gasteiger charge is -2.13. The van der Waals surface area contributed by atoms with Crippen LogP contribution < -0.4 is 11.5 Å². The number of nitrogens with two attached hydrogens (primary N) is 2. The molecule has 0 aliphatic carbocycles. The molecule has 0 saturated carbocycles. The van der Waals surface area contributed by atoms with Gasteiger partial charge in [0.1, 0.15) is 5.75 Å². The molecule has 86 valence electrons. The third-order valence-electron chi connectivity index (χ3n) is 1.93. The fraction of sp³-hybridized carbons (Fsp3) is 0.333. The smallest absolute Gasteiger partial charge is 0.139 e. The zero-order valence-electron chi connectivity index (χ0n) is 7.91. The van der Waals surface area contributed by atoms with E-state index in [4.69, 9.17) is 23.1 Å². The first-order valence-electron chi connectivity index (χ1n) is 4.19. The van der Waals surface area contributed by atoms with Crippen molar-refractivity contribution in [2.24, 2.45) is 11.5 Å². The van der Waals surface area contributed by atoms with Crippen molar-refractivity contribution in [2.45, 2.75) is 12.5 Å². The molecule has 3 nitrogen and oxygen atoms in total. The van der Waals surface area contributed by atoms with Gasteiger partial charge in [0.2, 0.25) is 0 Å². The molecule has 0 amide bonds. The van der Waals surface area contributed by atoms with E-state index in [0.717, 1.165) is 4.47 Å². The minimum Gasteiger partial charge on any atom is -0.506 e. The summed E-state index contributed by atoms with van der Waals surface area (Å²) in [6.07, 6.45) is 0.611.